The number of fused-ring (bicyclic) bond motifs is 1. The Hall–Kier alpha value is -3.47. The molecule has 2 saturated heterocycles. The van der Waals surface area contributed by atoms with Gasteiger partial charge in [-0.2, -0.15) is 0 Å². The molecule has 44 heavy (non-hydrogen) atoms. The van der Waals surface area contributed by atoms with Crippen LogP contribution in [0.3, 0.4) is 0 Å². The number of ether oxygens (including phenoxy) is 5. The number of hydrogen-bond donors (Lipinski definition) is 0. The molecule has 11 nitrogen and oxygen atoms in total. The summed E-state index contributed by atoms with van der Waals surface area (Å²) in [4.78, 5) is 67.2. The molecular formula is C33H47NO10. The highest BCUT2D eigenvalue weighted by Gasteiger charge is 2.61. The fourth-order valence-electron chi connectivity index (χ4n) is 4.72. The molecule has 0 N–H and O–H groups in total. The molecule has 0 bridgehead atoms. The Kier molecular flexibility index (Phi) is 10.6. The Bertz CT molecular complexity index is 1220. The highest BCUT2D eigenvalue weighted by atomic mass is 16.7. The van der Waals surface area contributed by atoms with Crippen molar-refractivity contribution in [3.8, 4) is 0 Å². The number of rotatable bonds is 8. The molecule has 0 radical (unpaired) electrons. The maximum atomic E-state index is 13.8. The van der Waals surface area contributed by atoms with Crippen molar-refractivity contribution in [2.24, 2.45) is 16.2 Å². The lowest BCUT2D eigenvalue weighted by molar-refractivity contribution is -0.259. The van der Waals surface area contributed by atoms with Crippen LogP contribution in [0.5, 0.6) is 0 Å². The van der Waals surface area contributed by atoms with Crippen molar-refractivity contribution in [1.29, 1.82) is 0 Å². The Morgan fingerprint density at radius 1 is 0.818 bits per heavy atom. The molecule has 244 valence electrons. The quantitative estimate of drug-likeness (QED) is 0.285. The van der Waals surface area contributed by atoms with Gasteiger partial charge in [-0.1, -0.05) is 37.3 Å². The fourth-order valence-corrected chi connectivity index (χ4v) is 4.72. The standard InChI is InChI=1S/C33H47NO10/c1-11-19(20-15-13-12-14-16-20)17-22(35)34-23-25(43-29(38)33(8,9)10)24(42-28(37)32(5,6)7)21(41-26(23)44-30(34)39)18-40-27(36)31(2,3)4/h12-16,19,21,23-26H,11,17-18H2,1-10H3/t19-,21-,23-,24-,25-,26-/m1/s1. The average molecular weight is 618 g/mol. The first-order chi connectivity index (χ1) is 20.3. The minimum Gasteiger partial charge on any atom is -0.462 e. The smallest absolute Gasteiger partial charge is 0.419 e. The van der Waals surface area contributed by atoms with Crippen LogP contribution >= 0.6 is 0 Å². The zero-order valence-electron chi connectivity index (χ0n) is 27.5. The van der Waals surface area contributed by atoms with E-state index in [0.29, 0.717) is 6.42 Å². The number of benzene rings is 1. The molecule has 3 rings (SSSR count). The van der Waals surface area contributed by atoms with Gasteiger partial charge in [0, 0.05) is 6.42 Å². The summed E-state index contributed by atoms with van der Waals surface area (Å²) in [5, 5.41) is 0. The van der Waals surface area contributed by atoms with Crippen molar-refractivity contribution < 1.29 is 47.7 Å². The van der Waals surface area contributed by atoms with Crippen LogP contribution in [-0.2, 0) is 42.9 Å². The Morgan fingerprint density at radius 3 is 1.84 bits per heavy atom. The summed E-state index contributed by atoms with van der Waals surface area (Å²) in [6.45, 7) is 16.5. The SMILES string of the molecule is CC[C@H](CC(=O)N1C(=O)O[C@H]2O[C@H](COC(=O)C(C)(C)C)[C@@H](OC(=O)C(C)(C)C)[C@H](OC(=O)C(C)(C)C)[C@H]21)c1ccccc1. The van der Waals surface area contributed by atoms with E-state index in [-0.39, 0.29) is 18.9 Å². The summed E-state index contributed by atoms with van der Waals surface area (Å²) < 4.78 is 29.0. The molecule has 2 aliphatic rings. The second-order valence-corrected chi connectivity index (χ2v) is 14.5. The maximum Gasteiger partial charge on any atom is 0.419 e. The molecule has 11 heteroatoms. The molecule has 2 fully saturated rings. The number of carbonyl (C=O) groups excluding carboxylic acids is 5. The lowest BCUT2D eigenvalue weighted by Gasteiger charge is -2.44. The molecule has 2 aliphatic heterocycles. The van der Waals surface area contributed by atoms with Crippen LogP contribution in [0.4, 0.5) is 4.79 Å². The predicted octanol–water partition coefficient (Wildman–Crippen LogP) is 5.15. The summed E-state index contributed by atoms with van der Waals surface area (Å²) in [6.07, 6.45) is -5.65. The van der Waals surface area contributed by atoms with Crippen molar-refractivity contribution in [3.05, 3.63) is 35.9 Å². The van der Waals surface area contributed by atoms with Crippen molar-refractivity contribution >= 4 is 29.9 Å². The molecule has 0 spiro atoms. The molecule has 0 unspecified atom stereocenters. The van der Waals surface area contributed by atoms with Gasteiger partial charge in [0.2, 0.25) is 12.2 Å². The monoisotopic (exact) mass is 617 g/mol. The van der Waals surface area contributed by atoms with Crippen molar-refractivity contribution in [1.82, 2.24) is 4.90 Å². The highest BCUT2D eigenvalue weighted by molar-refractivity contribution is 5.94. The number of imide groups is 1. The van der Waals surface area contributed by atoms with E-state index in [9.17, 15) is 24.0 Å². The first-order valence-electron chi connectivity index (χ1n) is 15.1. The Morgan fingerprint density at radius 2 is 1.34 bits per heavy atom. The third-order valence-corrected chi connectivity index (χ3v) is 7.48. The van der Waals surface area contributed by atoms with Crippen LogP contribution in [-0.4, -0.2) is 72.1 Å². The first kappa shape index (κ1) is 35.0. The molecule has 2 heterocycles. The molecule has 2 amide bonds. The summed E-state index contributed by atoms with van der Waals surface area (Å²) in [6, 6.07) is 8.19. The lowest BCUT2D eigenvalue weighted by atomic mass is 9.90. The van der Waals surface area contributed by atoms with Crippen molar-refractivity contribution in [2.45, 2.75) is 119 Å². The van der Waals surface area contributed by atoms with Gasteiger partial charge in [-0.25, -0.2) is 9.69 Å². The van der Waals surface area contributed by atoms with Crippen LogP contribution in [0.1, 0.15) is 93.6 Å². The van der Waals surface area contributed by atoms with E-state index in [1.54, 1.807) is 62.3 Å². The minimum atomic E-state index is -1.38. The van der Waals surface area contributed by atoms with Gasteiger partial charge in [0.1, 0.15) is 18.8 Å². The number of carbonyl (C=O) groups is 5. The van der Waals surface area contributed by atoms with Crippen molar-refractivity contribution in [3.63, 3.8) is 0 Å². The highest BCUT2D eigenvalue weighted by Crippen LogP contribution is 2.38. The molecule has 0 saturated carbocycles. The van der Waals surface area contributed by atoms with Gasteiger partial charge in [-0.15, -0.1) is 0 Å². The third kappa shape index (κ3) is 8.16. The number of nitrogens with zero attached hydrogens (tertiary/aromatic N) is 1. The maximum absolute atomic E-state index is 13.8. The van der Waals surface area contributed by atoms with E-state index in [1.807, 2.05) is 37.3 Å². The van der Waals surface area contributed by atoms with E-state index < -0.39 is 76.8 Å². The molecule has 0 aliphatic carbocycles. The second kappa shape index (κ2) is 13.3. The summed E-state index contributed by atoms with van der Waals surface area (Å²) >= 11 is 0. The van der Waals surface area contributed by atoms with E-state index in [0.717, 1.165) is 10.5 Å². The third-order valence-electron chi connectivity index (χ3n) is 7.48. The number of esters is 3. The minimum absolute atomic E-state index is 0.0299. The molecule has 1 aromatic rings. The van der Waals surface area contributed by atoms with Gasteiger partial charge in [0.05, 0.1) is 16.2 Å². The van der Waals surface area contributed by atoms with Crippen LogP contribution < -0.4 is 0 Å². The molecule has 1 aromatic carbocycles. The Balaban J connectivity index is 2.04. The molecular weight excluding hydrogens is 570 g/mol. The van der Waals surface area contributed by atoms with E-state index >= 15 is 0 Å². The van der Waals surface area contributed by atoms with E-state index in [4.69, 9.17) is 23.7 Å². The largest absolute Gasteiger partial charge is 0.462 e. The predicted molar refractivity (Wildman–Crippen MR) is 159 cm³/mol. The summed E-state index contributed by atoms with van der Waals surface area (Å²) in [5.41, 5.74) is -1.87. The zero-order chi connectivity index (χ0) is 33.2. The van der Waals surface area contributed by atoms with Gasteiger partial charge in [0.25, 0.3) is 0 Å². The van der Waals surface area contributed by atoms with Gasteiger partial charge >= 0.3 is 24.0 Å². The lowest BCUT2D eigenvalue weighted by Crippen LogP contribution is -2.65. The van der Waals surface area contributed by atoms with Gasteiger partial charge in [-0.3, -0.25) is 19.2 Å². The Labute approximate surface area is 259 Å². The van der Waals surface area contributed by atoms with Gasteiger partial charge < -0.3 is 23.7 Å². The van der Waals surface area contributed by atoms with Crippen LogP contribution in [0.2, 0.25) is 0 Å². The topological polar surface area (TPSA) is 135 Å². The number of hydrogen-bond acceptors (Lipinski definition) is 10. The first-order valence-corrected chi connectivity index (χ1v) is 15.1. The van der Waals surface area contributed by atoms with Crippen LogP contribution in [0.25, 0.3) is 0 Å². The summed E-state index contributed by atoms with van der Waals surface area (Å²) in [7, 11) is 0. The van der Waals surface area contributed by atoms with Gasteiger partial charge in [0.15, 0.2) is 12.2 Å². The molecule has 6 atom stereocenters. The van der Waals surface area contributed by atoms with E-state index in [2.05, 4.69) is 0 Å². The zero-order valence-corrected chi connectivity index (χ0v) is 27.5. The molecule has 0 aromatic heterocycles. The van der Waals surface area contributed by atoms with E-state index in [1.165, 1.54) is 0 Å². The fraction of sp³-hybridized carbons (Fsp3) is 0.667. The van der Waals surface area contributed by atoms with Crippen LogP contribution in [0.15, 0.2) is 30.3 Å². The number of amides is 2. The van der Waals surface area contributed by atoms with Crippen LogP contribution in [0, 0.1) is 16.2 Å². The normalized spacial score (nSPS) is 24.5. The summed E-state index contributed by atoms with van der Waals surface area (Å²) in [5.74, 6) is -2.61. The second-order valence-electron chi connectivity index (χ2n) is 14.5. The van der Waals surface area contributed by atoms with Gasteiger partial charge in [-0.05, 0) is 80.2 Å². The van der Waals surface area contributed by atoms with Crippen molar-refractivity contribution in [2.75, 3.05) is 6.61 Å². The average Bonchev–Trinajstić information content (AvgIpc) is 3.25.